The molecule has 5 aromatic carbocycles. The summed E-state index contributed by atoms with van der Waals surface area (Å²) in [6.07, 6.45) is 0. The molecule has 0 amide bonds. The molecule has 8 rings (SSSR count). The second kappa shape index (κ2) is 10.3. The Bertz CT molecular complexity index is 2210. The predicted octanol–water partition coefficient (Wildman–Crippen LogP) is 9.22. The second-order valence-electron chi connectivity index (χ2n) is 10.6. The van der Waals surface area contributed by atoms with E-state index in [9.17, 15) is 0 Å². The van der Waals surface area contributed by atoms with Crippen molar-refractivity contribution in [2.24, 2.45) is 0 Å². The van der Waals surface area contributed by atoms with Gasteiger partial charge in [-0.3, -0.25) is 0 Å². The van der Waals surface area contributed by atoms with Crippen LogP contribution in [0.3, 0.4) is 0 Å². The minimum atomic E-state index is 0.629. The molecule has 5 heteroatoms. The van der Waals surface area contributed by atoms with Gasteiger partial charge in [-0.25, -0.2) is 19.9 Å². The zero-order valence-corrected chi connectivity index (χ0v) is 23.6. The molecule has 0 saturated carbocycles. The fourth-order valence-corrected chi connectivity index (χ4v) is 5.97. The molecule has 0 spiro atoms. The van der Waals surface area contributed by atoms with Crippen LogP contribution in [0.4, 0.5) is 0 Å². The molecule has 0 fully saturated rings. The Labute approximate surface area is 249 Å². The highest BCUT2D eigenvalue weighted by Crippen LogP contribution is 2.35. The van der Waals surface area contributed by atoms with Gasteiger partial charge in [0, 0.05) is 50.5 Å². The molecule has 0 bridgehead atoms. The van der Waals surface area contributed by atoms with Crippen LogP contribution in [0.1, 0.15) is 6.92 Å². The van der Waals surface area contributed by atoms with Crippen LogP contribution in [-0.2, 0) is 6.54 Å². The molecule has 0 atom stereocenters. The smallest absolute Gasteiger partial charge is 0.164 e. The molecule has 204 valence electrons. The van der Waals surface area contributed by atoms with E-state index in [2.05, 4.69) is 78.2 Å². The average Bonchev–Trinajstić information content (AvgIpc) is 3.43. The number of hydrogen-bond donors (Lipinski definition) is 0. The van der Waals surface area contributed by atoms with E-state index in [4.69, 9.17) is 19.9 Å². The third kappa shape index (κ3) is 4.34. The van der Waals surface area contributed by atoms with Gasteiger partial charge in [0.15, 0.2) is 17.5 Å². The number of pyridine rings is 1. The standard InChI is InChI=1S/C38H27N5/c1-2-43-33-19-10-9-18-30(33)31-22-20-25-21-23-32(39-34(25)35(31)43)28-16-11-17-29(24-28)38-41-36(26-12-5-3-6-13-26)40-37(42-38)27-14-7-4-8-15-27/h3-24H,2H2,1H3. The first-order valence-electron chi connectivity index (χ1n) is 14.6. The lowest BCUT2D eigenvalue weighted by atomic mass is 10.0. The van der Waals surface area contributed by atoms with Gasteiger partial charge in [-0.15, -0.1) is 0 Å². The van der Waals surface area contributed by atoms with Gasteiger partial charge in [0.2, 0.25) is 0 Å². The van der Waals surface area contributed by atoms with E-state index >= 15 is 0 Å². The molecule has 8 aromatic rings. The minimum Gasteiger partial charge on any atom is -0.339 e. The van der Waals surface area contributed by atoms with E-state index in [1.807, 2.05) is 66.7 Å². The van der Waals surface area contributed by atoms with Gasteiger partial charge in [0.05, 0.1) is 16.7 Å². The van der Waals surface area contributed by atoms with Gasteiger partial charge >= 0.3 is 0 Å². The molecule has 43 heavy (non-hydrogen) atoms. The summed E-state index contributed by atoms with van der Waals surface area (Å²) in [5, 5.41) is 3.62. The minimum absolute atomic E-state index is 0.629. The Kier molecular flexibility index (Phi) is 6.00. The van der Waals surface area contributed by atoms with E-state index in [0.29, 0.717) is 17.5 Å². The van der Waals surface area contributed by atoms with Crippen molar-refractivity contribution in [2.75, 3.05) is 0 Å². The Balaban J connectivity index is 1.29. The molecule has 0 aliphatic heterocycles. The first-order valence-corrected chi connectivity index (χ1v) is 14.6. The molecular weight excluding hydrogens is 526 g/mol. The van der Waals surface area contributed by atoms with Crippen molar-refractivity contribution in [3.63, 3.8) is 0 Å². The van der Waals surface area contributed by atoms with Crippen molar-refractivity contribution in [1.29, 1.82) is 0 Å². The van der Waals surface area contributed by atoms with Crippen molar-refractivity contribution in [3.8, 4) is 45.4 Å². The van der Waals surface area contributed by atoms with Gasteiger partial charge in [-0.1, -0.05) is 115 Å². The SMILES string of the molecule is CCn1c2ccccc2c2ccc3ccc(-c4cccc(-c5nc(-c6ccccc6)nc(-c6ccccc6)n5)c4)nc3c21. The first-order chi connectivity index (χ1) is 21.3. The van der Waals surface area contributed by atoms with Crippen molar-refractivity contribution < 1.29 is 0 Å². The highest BCUT2D eigenvalue weighted by Gasteiger charge is 2.16. The zero-order valence-electron chi connectivity index (χ0n) is 23.6. The summed E-state index contributed by atoms with van der Waals surface area (Å²) in [6.45, 7) is 3.07. The average molecular weight is 554 g/mol. The molecule has 0 N–H and O–H groups in total. The fourth-order valence-electron chi connectivity index (χ4n) is 5.97. The summed E-state index contributed by atoms with van der Waals surface area (Å²) >= 11 is 0. The van der Waals surface area contributed by atoms with E-state index in [1.54, 1.807) is 0 Å². The Morgan fingerprint density at radius 1 is 0.488 bits per heavy atom. The maximum atomic E-state index is 5.27. The number of para-hydroxylation sites is 1. The highest BCUT2D eigenvalue weighted by atomic mass is 15.0. The summed E-state index contributed by atoms with van der Waals surface area (Å²) in [5.41, 5.74) is 8.16. The number of hydrogen-bond acceptors (Lipinski definition) is 4. The number of aryl methyl sites for hydroxylation is 1. The molecule has 0 unspecified atom stereocenters. The lowest BCUT2D eigenvalue weighted by molar-refractivity contribution is 0.829. The van der Waals surface area contributed by atoms with Gasteiger partial charge in [-0.2, -0.15) is 0 Å². The molecule has 0 saturated heterocycles. The van der Waals surface area contributed by atoms with E-state index in [1.165, 1.54) is 21.8 Å². The van der Waals surface area contributed by atoms with Crippen LogP contribution in [0.5, 0.6) is 0 Å². The van der Waals surface area contributed by atoms with Crippen LogP contribution in [0.2, 0.25) is 0 Å². The van der Waals surface area contributed by atoms with Gasteiger partial charge in [0.1, 0.15) is 0 Å². The van der Waals surface area contributed by atoms with Crippen molar-refractivity contribution in [2.45, 2.75) is 13.5 Å². The van der Waals surface area contributed by atoms with Crippen molar-refractivity contribution in [1.82, 2.24) is 24.5 Å². The Morgan fingerprint density at radius 3 is 1.77 bits per heavy atom. The molecule has 0 aliphatic rings. The van der Waals surface area contributed by atoms with Crippen LogP contribution in [0, 0.1) is 0 Å². The van der Waals surface area contributed by atoms with E-state index < -0.39 is 0 Å². The number of nitrogens with zero attached hydrogens (tertiary/aromatic N) is 5. The number of aromatic nitrogens is 5. The topological polar surface area (TPSA) is 56.5 Å². The lowest BCUT2D eigenvalue weighted by Gasteiger charge is -2.10. The van der Waals surface area contributed by atoms with Crippen LogP contribution in [-0.4, -0.2) is 24.5 Å². The second-order valence-corrected chi connectivity index (χ2v) is 10.6. The van der Waals surface area contributed by atoms with Crippen molar-refractivity contribution in [3.05, 3.63) is 133 Å². The summed E-state index contributed by atoms with van der Waals surface area (Å²) < 4.78 is 2.38. The molecular formula is C38H27N5. The monoisotopic (exact) mass is 553 g/mol. The maximum Gasteiger partial charge on any atom is 0.164 e. The summed E-state index contributed by atoms with van der Waals surface area (Å²) in [7, 11) is 0. The molecule has 3 heterocycles. The Hall–Kier alpha value is -5.68. The zero-order chi connectivity index (χ0) is 28.8. The van der Waals surface area contributed by atoms with Gasteiger partial charge in [-0.05, 0) is 25.1 Å². The first kappa shape index (κ1) is 25.1. The third-order valence-electron chi connectivity index (χ3n) is 8.02. The largest absolute Gasteiger partial charge is 0.339 e. The summed E-state index contributed by atoms with van der Waals surface area (Å²) in [5.74, 6) is 1.92. The van der Waals surface area contributed by atoms with Gasteiger partial charge in [0.25, 0.3) is 0 Å². The third-order valence-corrected chi connectivity index (χ3v) is 8.02. The summed E-state index contributed by atoms with van der Waals surface area (Å²) in [6, 6.07) is 45.7. The van der Waals surface area contributed by atoms with Crippen molar-refractivity contribution >= 4 is 32.7 Å². The molecule has 0 radical (unpaired) electrons. The van der Waals surface area contributed by atoms with Crippen LogP contribution >= 0.6 is 0 Å². The van der Waals surface area contributed by atoms with E-state index in [0.717, 1.165) is 45.4 Å². The van der Waals surface area contributed by atoms with Gasteiger partial charge < -0.3 is 4.57 Å². The number of benzene rings is 5. The van der Waals surface area contributed by atoms with Crippen LogP contribution < -0.4 is 0 Å². The number of rotatable bonds is 5. The quantitative estimate of drug-likeness (QED) is 0.213. The normalized spacial score (nSPS) is 11.5. The lowest BCUT2D eigenvalue weighted by Crippen LogP contribution is -2.00. The highest BCUT2D eigenvalue weighted by molar-refractivity contribution is 6.16. The van der Waals surface area contributed by atoms with Crippen LogP contribution in [0.25, 0.3) is 78.1 Å². The van der Waals surface area contributed by atoms with Crippen LogP contribution in [0.15, 0.2) is 133 Å². The Morgan fingerprint density at radius 2 is 1.07 bits per heavy atom. The fraction of sp³-hybridized carbons (Fsp3) is 0.0526. The molecule has 3 aromatic heterocycles. The summed E-state index contributed by atoms with van der Waals surface area (Å²) in [4.78, 5) is 20.0. The number of fused-ring (bicyclic) bond motifs is 5. The maximum absolute atomic E-state index is 5.27. The molecule has 0 aliphatic carbocycles. The predicted molar refractivity (Wildman–Crippen MR) is 176 cm³/mol. The van der Waals surface area contributed by atoms with E-state index in [-0.39, 0.29) is 0 Å². The molecule has 5 nitrogen and oxygen atoms in total.